The number of aryl methyl sites for hydroxylation is 1. The van der Waals surface area contributed by atoms with Gasteiger partial charge in [0.25, 0.3) is 5.91 Å². The number of hydrogen-bond acceptors (Lipinski definition) is 2. The summed E-state index contributed by atoms with van der Waals surface area (Å²) < 4.78 is 33.5. The molecule has 1 heterocycles. The van der Waals surface area contributed by atoms with E-state index in [0.29, 0.717) is 28.8 Å². The number of benzene rings is 2. The highest BCUT2D eigenvalue weighted by molar-refractivity contribution is 5.94. The van der Waals surface area contributed by atoms with Gasteiger partial charge in [-0.05, 0) is 61.6 Å². The summed E-state index contributed by atoms with van der Waals surface area (Å²) in [7, 11) is 1.70. The quantitative estimate of drug-likeness (QED) is 0.800. The van der Waals surface area contributed by atoms with Crippen LogP contribution in [0.5, 0.6) is 0 Å². The Kier molecular flexibility index (Phi) is 5.67. The molecule has 2 aromatic rings. The monoisotopic (exact) mass is 359 g/mol. The lowest BCUT2D eigenvalue weighted by Crippen LogP contribution is -2.37. The predicted octanol–water partition coefficient (Wildman–Crippen LogP) is 4.58. The highest BCUT2D eigenvalue weighted by Crippen LogP contribution is 2.27. The lowest BCUT2D eigenvalue weighted by atomic mass is 9.98. The molecule has 1 atom stereocenters. The molecule has 0 radical (unpaired) electrons. The summed E-state index contributed by atoms with van der Waals surface area (Å²) in [5.74, 6) is -1.08. The van der Waals surface area contributed by atoms with Crippen LogP contribution in [0, 0.1) is 18.6 Å². The van der Waals surface area contributed by atoms with Crippen molar-refractivity contribution < 1.29 is 18.3 Å². The molecule has 0 saturated carbocycles. The van der Waals surface area contributed by atoms with Gasteiger partial charge in [0.05, 0.1) is 6.10 Å². The standard InChI is InChI=1S/C21H23F2NO2/c1-14-11-16(22)7-9-18(14)19-8-6-15(12-20(19)23)21(25)24(2)13-17-5-3-4-10-26-17/h6-9,11-12,17H,3-5,10,13H2,1-2H3. The number of carbonyl (C=O) groups is 1. The van der Waals surface area contributed by atoms with Crippen molar-refractivity contribution in [3.05, 3.63) is 59.2 Å². The Morgan fingerprint density at radius 2 is 1.92 bits per heavy atom. The first-order chi connectivity index (χ1) is 12.5. The zero-order valence-electron chi connectivity index (χ0n) is 15.1. The number of likely N-dealkylation sites (N-methyl/N-ethyl adjacent to an activating group) is 1. The molecule has 0 aromatic heterocycles. The molecule has 3 rings (SSSR count). The number of hydrogen-bond donors (Lipinski definition) is 0. The van der Waals surface area contributed by atoms with E-state index in [-0.39, 0.29) is 17.8 Å². The molecule has 26 heavy (non-hydrogen) atoms. The van der Waals surface area contributed by atoms with Crippen LogP contribution in [0.3, 0.4) is 0 Å². The lowest BCUT2D eigenvalue weighted by Gasteiger charge is -2.27. The molecule has 138 valence electrons. The Hall–Kier alpha value is -2.27. The maximum atomic E-state index is 14.6. The summed E-state index contributed by atoms with van der Waals surface area (Å²) in [5.41, 5.74) is 1.92. The van der Waals surface area contributed by atoms with E-state index in [1.54, 1.807) is 37.1 Å². The lowest BCUT2D eigenvalue weighted by molar-refractivity contribution is -0.000192. The van der Waals surface area contributed by atoms with Crippen LogP contribution in [0.1, 0.15) is 35.2 Å². The largest absolute Gasteiger partial charge is 0.376 e. The predicted molar refractivity (Wildman–Crippen MR) is 97.1 cm³/mol. The second kappa shape index (κ2) is 7.96. The van der Waals surface area contributed by atoms with E-state index in [4.69, 9.17) is 4.74 Å². The van der Waals surface area contributed by atoms with Crippen molar-refractivity contribution in [3.63, 3.8) is 0 Å². The highest BCUT2D eigenvalue weighted by atomic mass is 19.1. The van der Waals surface area contributed by atoms with E-state index >= 15 is 0 Å². The molecule has 1 aliphatic rings. The molecule has 1 saturated heterocycles. The molecule has 0 N–H and O–H groups in total. The molecular weight excluding hydrogens is 336 g/mol. The molecule has 1 unspecified atom stereocenters. The van der Waals surface area contributed by atoms with Gasteiger partial charge in [-0.2, -0.15) is 0 Å². The molecule has 5 heteroatoms. The fourth-order valence-electron chi connectivity index (χ4n) is 3.36. The van der Waals surface area contributed by atoms with Gasteiger partial charge in [0.2, 0.25) is 0 Å². The van der Waals surface area contributed by atoms with Gasteiger partial charge >= 0.3 is 0 Å². The topological polar surface area (TPSA) is 29.5 Å². The van der Waals surface area contributed by atoms with E-state index in [2.05, 4.69) is 0 Å². The van der Waals surface area contributed by atoms with E-state index in [9.17, 15) is 13.6 Å². The molecular formula is C21H23F2NO2. The van der Waals surface area contributed by atoms with Gasteiger partial charge in [-0.15, -0.1) is 0 Å². The molecule has 2 aromatic carbocycles. The van der Waals surface area contributed by atoms with E-state index in [1.807, 2.05) is 0 Å². The summed E-state index contributed by atoms with van der Waals surface area (Å²) in [5, 5.41) is 0. The third-order valence-corrected chi connectivity index (χ3v) is 4.79. The second-order valence-electron chi connectivity index (χ2n) is 6.83. The van der Waals surface area contributed by atoms with Crippen molar-refractivity contribution in [2.75, 3.05) is 20.2 Å². The average molecular weight is 359 g/mol. The fourth-order valence-corrected chi connectivity index (χ4v) is 3.36. The first-order valence-electron chi connectivity index (χ1n) is 8.89. The Balaban J connectivity index is 1.76. The number of carbonyl (C=O) groups excluding carboxylic acids is 1. The summed E-state index contributed by atoms with van der Waals surface area (Å²) in [4.78, 5) is 14.2. The van der Waals surface area contributed by atoms with Crippen molar-refractivity contribution in [2.24, 2.45) is 0 Å². The average Bonchev–Trinajstić information content (AvgIpc) is 2.62. The highest BCUT2D eigenvalue weighted by Gasteiger charge is 2.21. The summed E-state index contributed by atoms with van der Waals surface area (Å²) in [6.07, 6.45) is 3.15. The van der Waals surface area contributed by atoms with Crippen LogP contribution in [-0.2, 0) is 4.74 Å². The number of halogens is 2. The Labute approximate surface area is 152 Å². The number of nitrogens with zero attached hydrogens (tertiary/aromatic N) is 1. The second-order valence-corrected chi connectivity index (χ2v) is 6.83. The van der Waals surface area contributed by atoms with E-state index in [1.165, 1.54) is 18.2 Å². The normalized spacial score (nSPS) is 17.2. The van der Waals surface area contributed by atoms with Gasteiger partial charge in [-0.1, -0.05) is 12.1 Å². The summed E-state index contributed by atoms with van der Waals surface area (Å²) in [6, 6.07) is 8.66. The Bertz CT molecular complexity index is 801. The van der Waals surface area contributed by atoms with Crippen LogP contribution < -0.4 is 0 Å². The number of ether oxygens (including phenoxy) is 1. The van der Waals surface area contributed by atoms with Crippen LogP contribution in [-0.4, -0.2) is 37.1 Å². The number of amides is 1. The van der Waals surface area contributed by atoms with Crippen LogP contribution in [0.4, 0.5) is 8.78 Å². The number of rotatable bonds is 4. The molecule has 3 nitrogen and oxygen atoms in total. The Morgan fingerprint density at radius 1 is 1.15 bits per heavy atom. The first kappa shape index (κ1) is 18.5. The van der Waals surface area contributed by atoms with Gasteiger partial charge in [-0.25, -0.2) is 8.78 Å². The molecule has 1 aliphatic heterocycles. The van der Waals surface area contributed by atoms with Crippen LogP contribution in [0.2, 0.25) is 0 Å². The van der Waals surface area contributed by atoms with Gasteiger partial charge in [-0.3, -0.25) is 4.79 Å². The van der Waals surface area contributed by atoms with Gasteiger partial charge < -0.3 is 9.64 Å². The summed E-state index contributed by atoms with van der Waals surface area (Å²) in [6.45, 7) is 2.96. The zero-order chi connectivity index (χ0) is 18.7. The SMILES string of the molecule is Cc1cc(F)ccc1-c1ccc(C(=O)N(C)CC2CCCCO2)cc1F. The molecule has 1 amide bonds. The minimum atomic E-state index is -0.493. The zero-order valence-corrected chi connectivity index (χ0v) is 15.1. The molecule has 0 spiro atoms. The van der Waals surface area contributed by atoms with E-state index in [0.717, 1.165) is 25.9 Å². The van der Waals surface area contributed by atoms with Crippen molar-refractivity contribution in [1.29, 1.82) is 0 Å². The molecule has 0 bridgehead atoms. The maximum Gasteiger partial charge on any atom is 0.253 e. The van der Waals surface area contributed by atoms with Crippen molar-refractivity contribution in [2.45, 2.75) is 32.3 Å². The van der Waals surface area contributed by atoms with Crippen LogP contribution in [0.15, 0.2) is 36.4 Å². The van der Waals surface area contributed by atoms with E-state index < -0.39 is 5.82 Å². The van der Waals surface area contributed by atoms with Gasteiger partial charge in [0.1, 0.15) is 11.6 Å². The van der Waals surface area contributed by atoms with Crippen molar-refractivity contribution in [3.8, 4) is 11.1 Å². The van der Waals surface area contributed by atoms with Crippen LogP contribution >= 0.6 is 0 Å². The van der Waals surface area contributed by atoms with Crippen molar-refractivity contribution >= 4 is 5.91 Å². The Morgan fingerprint density at radius 3 is 2.58 bits per heavy atom. The van der Waals surface area contributed by atoms with Crippen molar-refractivity contribution in [1.82, 2.24) is 4.90 Å². The molecule has 0 aliphatic carbocycles. The minimum absolute atomic E-state index is 0.0451. The third kappa shape index (κ3) is 4.10. The van der Waals surface area contributed by atoms with Gasteiger partial charge in [0, 0.05) is 31.3 Å². The van der Waals surface area contributed by atoms with Gasteiger partial charge in [0.15, 0.2) is 0 Å². The first-order valence-corrected chi connectivity index (χ1v) is 8.89. The summed E-state index contributed by atoms with van der Waals surface area (Å²) >= 11 is 0. The maximum absolute atomic E-state index is 14.6. The smallest absolute Gasteiger partial charge is 0.253 e. The minimum Gasteiger partial charge on any atom is -0.376 e. The third-order valence-electron chi connectivity index (χ3n) is 4.79. The fraction of sp³-hybridized carbons (Fsp3) is 0.381. The van der Waals surface area contributed by atoms with Crippen LogP contribution in [0.25, 0.3) is 11.1 Å². The molecule has 1 fully saturated rings.